The Kier molecular flexibility index (Phi) is 14.3. The molecule has 1 rings (SSSR count). The van der Waals surface area contributed by atoms with E-state index in [4.69, 9.17) is 18.9 Å². The topological polar surface area (TPSA) is 36.9 Å². The number of rotatable bonds is 10. The van der Waals surface area contributed by atoms with Crippen LogP contribution in [0.1, 0.15) is 71.1 Å². The molecule has 134 valence electrons. The molecule has 1 aliphatic rings. The number of unbranched alkanes of at least 4 members (excludes halogenated alkanes) is 3. The second kappa shape index (κ2) is 14.4. The zero-order valence-corrected chi connectivity index (χ0v) is 15.5. The highest BCUT2D eigenvalue weighted by Crippen LogP contribution is 2.21. The Bertz CT molecular complexity index is 223. The fourth-order valence-electron chi connectivity index (χ4n) is 2.82. The zero-order chi connectivity index (χ0) is 16.7. The van der Waals surface area contributed by atoms with Crippen molar-refractivity contribution in [3.05, 3.63) is 0 Å². The first kappa shape index (κ1) is 21.8. The summed E-state index contributed by atoms with van der Waals surface area (Å²) in [5, 5.41) is 0. The standard InChI is InChI=1S/C11H24O3.C7H14O/c1-5-6-7-8-9-11(13-3,14-4)10-12-2;1-8-7-5-3-2-4-6-7/h5-10H2,1-4H3;7H,2-6H2,1H3. The third kappa shape index (κ3) is 9.78. The summed E-state index contributed by atoms with van der Waals surface area (Å²) in [6.45, 7) is 2.70. The lowest BCUT2D eigenvalue weighted by atomic mass is 9.98. The van der Waals surface area contributed by atoms with Crippen LogP contribution in [0.2, 0.25) is 0 Å². The molecule has 0 bridgehead atoms. The summed E-state index contributed by atoms with van der Waals surface area (Å²) < 4.78 is 21.0. The zero-order valence-electron chi connectivity index (χ0n) is 15.5. The molecule has 1 saturated carbocycles. The summed E-state index contributed by atoms with van der Waals surface area (Å²) in [6, 6.07) is 0. The predicted molar refractivity (Wildman–Crippen MR) is 91.3 cm³/mol. The number of ether oxygens (including phenoxy) is 4. The number of methoxy groups -OCH3 is 4. The molecule has 0 saturated heterocycles. The Morgan fingerprint density at radius 1 is 0.864 bits per heavy atom. The van der Waals surface area contributed by atoms with Gasteiger partial charge in [0.25, 0.3) is 0 Å². The van der Waals surface area contributed by atoms with Gasteiger partial charge in [0.2, 0.25) is 0 Å². The molecule has 0 radical (unpaired) electrons. The van der Waals surface area contributed by atoms with Gasteiger partial charge in [0, 0.05) is 34.9 Å². The lowest BCUT2D eigenvalue weighted by Crippen LogP contribution is -2.38. The van der Waals surface area contributed by atoms with Gasteiger partial charge in [-0.2, -0.15) is 0 Å². The van der Waals surface area contributed by atoms with Crippen molar-refractivity contribution in [1.29, 1.82) is 0 Å². The van der Waals surface area contributed by atoms with Crippen LogP contribution in [0.5, 0.6) is 0 Å². The van der Waals surface area contributed by atoms with E-state index in [1.54, 1.807) is 21.3 Å². The van der Waals surface area contributed by atoms with Crippen LogP contribution >= 0.6 is 0 Å². The number of hydrogen-bond acceptors (Lipinski definition) is 4. The first-order chi connectivity index (χ1) is 10.7. The lowest BCUT2D eigenvalue weighted by molar-refractivity contribution is -0.235. The molecule has 0 heterocycles. The average molecular weight is 318 g/mol. The van der Waals surface area contributed by atoms with Gasteiger partial charge in [0.15, 0.2) is 5.79 Å². The second-order valence-corrected chi connectivity index (χ2v) is 6.06. The maximum atomic E-state index is 5.36. The van der Waals surface area contributed by atoms with Crippen LogP contribution in [-0.4, -0.2) is 46.9 Å². The van der Waals surface area contributed by atoms with Gasteiger partial charge in [-0.15, -0.1) is 0 Å². The molecule has 4 nitrogen and oxygen atoms in total. The maximum Gasteiger partial charge on any atom is 0.191 e. The minimum atomic E-state index is -0.539. The lowest BCUT2D eigenvalue weighted by Gasteiger charge is -2.30. The molecule has 0 N–H and O–H groups in total. The van der Waals surface area contributed by atoms with Crippen molar-refractivity contribution in [3.8, 4) is 0 Å². The van der Waals surface area contributed by atoms with Crippen molar-refractivity contribution in [3.63, 3.8) is 0 Å². The number of hydrogen-bond donors (Lipinski definition) is 0. The SMILES string of the molecule is CCCCCCC(COC)(OC)OC.COC1CCCCC1. The molecular formula is C18H38O4. The van der Waals surface area contributed by atoms with Crippen LogP contribution in [0, 0.1) is 0 Å². The van der Waals surface area contributed by atoms with E-state index < -0.39 is 5.79 Å². The first-order valence-corrected chi connectivity index (χ1v) is 8.80. The first-order valence-electron chi connectivity index (χ1n) is 8.80. The molecule has 0 unspecified atom stereocenters. The van der Waals surface area contributed by atoms with Gasteiger partial charge in [0.1, 0.15) is 6.61 Å². The van der Waals surface area contributed by atoms with E-state index in [9.17, 15) is 0 Å². The predicted octanol–water partition coefficient (Wildman–Crippen LogP) is 4.56. The van der Waals surface area contributed by atoms with Gasteiger partial charge >= 0.3 is 0 Å². The minimum Gasteiger partial charge on any atom is -0.381 e. The molecule has 0 aliphatic heterocycles. The summed E-state index contributed by atoms with van der Waals surface area (Å²) in [7, 11) is 6.82. The van der Waals surface area contributed by atoms with E-state index >= 15 is 0 Å². The van der Waals surface area contributed by atoms with Crippen LogP contribution in [0.15, 0.2) is 0 Å². The monoisotopic (exact) mass is 318 g/mol. The summed E-state index contributed by atoms with van der Waals surface area (Å²) in [4.78, 5) is 0. The van der Waals surface area contributed by atoms with Gasteiger partial charge in [-0.3, -0.25) is 0 Å². The van der Waals surface area contributed by atoms with Crippen LogP contribution in [-0.2, 0) is 18.9 Å². The second-order valence-electron chi connectivity index (χ2n) is 6.06. The molecule has 4 heteroatoms. The van der Waals surface area contributed by atoms with Crippen LogP contribution in [0.4, 0.5) is 0 Å². The Balaban J connectivity index is 0.000000461. The van der Waals surface area contributed by atoms with Gasteiger partial charge in [-0.25, -0.2) is 0 Å². The van der Waals surface area contributed by atoms with Gasteiger partial charge in [0.05, 0.1) is 6.10 Å². The maximum absolute atomic E-state index is 5.36. The normalized spacial score (nSPS) is 16.2. The Labute approximate surface area is 137 Å². The third-order valence-corrected chi connectivity index (χ3v) is 4.41. The third-order valence-electron chi connectivity index (χ3n) is 4.41. The van der Waals surface area contributed by atoms with Crippen LogP contribution in [0.3, 0.4) is 0 Å². The van der Waals surface area contributed by atoms with Crippen molar-refractivity contribution in [2.24, 2.45) is 0 Å². The van der Waals surface area contributed by atoms with Crippen molar-refractivity contribution < 1.29 is 18.9 Å². The molecule has 22 heavy (non-hydrogen) atoms. The van der Waals surface area contributed by atoms with Gasteiger partial charge in [-0.1, -0.05) is 45.4 Å². The van der Waals surface area contributed by atoms with E-state index in [2.05, 4.69) is 6.92 Å². The Morgan fingerprint density at radius 2 is 1.50 bits per heavy atom. The highest BCUT2D eigenvalue weighted by molar-refractivity contribution is 4.68. The molecule has 0 amide bonds. The molecule has 1 fully saturated rings. The van der Waals surface area contributed by atoms with Crippen molar-refractivity contribution >= 4 is 0 Å². The van der Waals surface area contributed by atoms with E-state index in [0.717, 1.165) is 12.8 Å². The molecular weight excluding hydrogens is 280 g/mol. The minimum absolute atomic E-state index is 0.492. The van der Waals surface area contributed by atoms with Crippen LogP contribution in [0.25, 0.3) is 0 Å². The fraction of sp³-hybridized carbons (Fsp3) is 1.00. The van der Waals surface area contributed by atoms with Crippen molar-refractivity contribution in [2.75, 3.05) is 35.0 Å². The molecule has 0 aromatic carbocycles. The summed E-state index contributed by atoms with van der Waals surface area (Å²) >= 11 is 0. The largest absolute Gasteiger partial charge is 0.381 e. The van der Waals surface area contributed by atoms with E-state index in [-0.39, 0.29) is 0 Å². The van der Waals surface area contributed by atoms with E-state index in [1.165, 1.54) is 51.4 Å². The van der Waals surface area contributed by atoms with Gasteiger partial charge < -0.3 is 18.9 Å². The van der Waals surface area contributed by atoms with Crippen LogP contribution < -0.4 is 0 Å². The summed E-state index contributed by atoms with van der Waals surface area (Å²) in [5.41, 5.74) is 0. The Morgan fingerprint density at radius 3 is 1.91 bits per heavy atom. The molecule has 0 spiro atoms. The van der Waals surface area contributed by atoms with Crippen molar-refractivity contribution in [1.82, 2.24) is 0 Å². The quantitative estimate of drug-likeness (QED) is 0.437. The highest BCUT2D eigenvalue weighted by Gasteiger charge is 2.28. The molecule has 1 aliphatic carbocycles. The smallest absolute Gasteiger partial charge is 0.191 e. The average Bonchev–Trinajstić information content (AvgIpc) is 2.59. The molecule has 0 aromatic heterocycles. The van der Waals surface area contributed by atoms with E-state index in [0.29, 0.717) is 12.7 Å². The van der Waals surface area contributed by atoms with Gasteiger partial charge in [-0.05, 0) is 19.3 Å². The van der Waals surface area contributed by atoms with Crippen molar-refractivity contribution in [2.45, 2.75) is 83.0 Å². The molecule has 0 atom stereocenters. The fourth-order valence-corrected chi connectivity index (χ4v) is 2.82. The van der Waals surface area contributed by atoms with E-state index in [1.807, 2.05) is 7.11 Å². The molecule has 0 aromatic rings. The highest BCUT2D eigenvalue weighted by atomic mass is 16.7. The summed E-state index contributed by atoms with van der Waals surface area (Å²) in [6.07, 6.45) is 13.1. The summed E-state index contributed by atoms with van der Waals surface area (Å²) in [5.74, 6) is -0.539. The Hall–Kier alpha value is -0.160.